The van der Waals surface area contributed by atoms with E-state index >= 15 is 0 Å². The van der Waals surface area contributed by atoms with Gasteiger partial charge in [0.25, 0.3) is 0 Å². The summed E-state index contributed by atoms with van der Waals surface area (Å²) in [5.74, 6) is 0.662. The topological polar surface area (TPSA) is 68.2 Å². The van der Waals surface area contributed by atoms with E-state index in [4.69, 9.17) is 5.73 Å². The Morgan fingerprint density at radius 3 is 3.00 bits per heavy atom. The van der Waals surface area contributed by atoms with Gasteiger partial charge in [0.05, 0.1) is 0 Å². The lowest BCUT2D eigenvalue weighted by molar-refractivity contribution is 0.687. The van der Waals surface area contributed by atoms with Gasteiger partial charge >= 0.3 is 0 Å². The molecule has 86 valence electrons. The minimum atomic E-state index is 0.200. The van der Waals surface area contributed by atoms with E-state index in [1.54, 1.807) is 0 Å². The van der Waals surface area contributed by atoms with Crippen LogP contribution in [-0.4, -0.2) is 27.2 Å². The molecule has 3 N–H and O–H groups in total. The lowest BCUT2D eigenvalue weighted by Crippen LogP contribution is -2.19. The number of anilines is 1. The van der Waals surface area contributed by atoms with Crippen LogP contribution in [0.25, 0.3) is 5.65 Å². The number of nitrogens with one attached hydrogen (secondary N) is 1. The summed E-state index contributed by atoms with van der Waals surface area (Å²) < 4.78 is 1.83. The Bertz CT molecular complexity index is 474. The van der Waals surface area contributed by atoms with Crippen LogP contribution in [0.15, 0.2) is 18.2 Å². The van der Waals surface area contributed by atoms with Crippen molar-refractivity contribution in [3.8, 4) is 0 Å². The highest BCUT2D eigenvalue weighted by atomic mass is 15.3. The van der Waals surface area contributed by atoms with E-state index in [0.29, 0.717) is 5.95 Å². The fourth-order valence-electron chi connectivity index (χ4n) is 1.52. The molecule has 0 aromatic carbocycles. The van der Waals surface area contributed by atoms with Gasteiger partial charge in [-0.05, 0) is 32.4 Å². The number of hydrogen-bond donors (Lipinski definition) is 2. The maximum absolute atomic E-state index is 5.67. The SMILES string of the molecule is Cc1cccc2nc(NCCC(C)N)nn12. The molecular formula is C11H17N5. The van der Waals surface area contributed by atoms with Gasteiger partial charge in [0.1, 0.15) is 0 Å². The Kier molecular flexibility index (Phi) is 3.05. The summed E-state index contributed by atoms with van der Waals surface area (Å²) in [5, 5.41) is 7.53. The molecule has 2 aromatic heterocycles. The first kappa shape index (κ1) is 10.9. The standard InChI is InChI=1S/C11H17N5/c1-8(12)6-7-13-11-14-10-5-3-4-9(2)16(10)15-11/h3-5,8H,6-7,12H2,1-2H3,(H,13,15). The summed E-state index contributed by atoms with van der Waals surface area (Å²) in [6.07, 6.45) is 0.911. The van der Waals surface area contributed by atoms with Crippen LogP contribution in [0.5, 0.6) is 0 Å². The third-order valence-electron chi connectivity index (χ3n) is 2.43. The molecule has 0 fully saturated rings. The molecule has 2 rings (SSSR count). The molecule has 5 heteroatoms. The molecule has 0 saturated heterocycles. The van der Waals surface area contributed by atoms with Crippen LogP contribution in [0.1, 0.15) is 19.0 Å². The smallest absolute Gasteiger partial charge is 0.243 e. The van der Waals surface area contributed by atoms with E-state index in [1.165, 1.54) is 0 Å². The molecule has 0 amide bonds. The molecule has 0 radical (unpaired) electrons. The number of pyridine rings is 1. The van der Waals surface area contributed by atoms with E-state index in [1.807, 2.05) is 36.6 Å². The Morgan fingerprint density at radius 1 is 1.50 bits per heavy atom. The molecular weight excluding hydrogens is 202 g/mol. The van der Waals surface area contributed by atoms with Crippen LogP contribution in [0.3, 0.4) is 0 Å². The van der Waals surface area contributed by atoms with Crippen LogP contribution in [0.4, 0.5) is 5.95 Å². The van der Waals surface area contributed by atoms with Crippen molar-refractivity contribution in [3.63, 3.8) is 0 Å². The lowest BCUT2D eigenvalue weighted by Gasteiger charge is -2.03. The summed E-state index contributed by atoms with van der Waals surface area (Å²) in [5.41, 5.74) is 7.61. The quantitative estimate of drug-likeness (QED) is 0.810. The average Bonchev–Trinajstić information content (AvgIpc) is 2.61. The first-order chi connectivity index (χ1) is 7.66. The Hall–Kier alpha value is -1.62. The average molecular weight is 219 g/mol. The molecule has 2 heterocycles. The molecule has 0 bridgehead atoms. The van der Waals surface area contributed by atoms with Gasteiger partial charge in [-0.1, -0.05) is 6.07 Å². The third kappa shape index (κ3) is 2.30. The van der Waals surface area contributed by atoms with Gasteiger partial charge in [0.2, 0.25) is 5.95 Å². The first-order valence-corrected chi connectivity index (χ1v) is 5.48. The number of aromatic nitrogens is 3. The highest BCUT2D eigenvalue weighted by Gasteiger charge is 2.04. The van der Waals surface area contributed by atoms with Crippen LogP contribution in [0.2, 0.25) is 0 Å². The summed E-state index contributed by atoms with van der Waals surface area (Å²) in [6, 6.07) is 6.13. The number of nitrogens with two attached hydrogens (primary N) is 1. The van der Waals surface area contributed by atoms with Gasteiger partial charge in [0, 0.05) is 18.3 Å². The van der Waals surface area contributed by atoms with Gasteiger partial charge in [-0.2, -0.15) is 4.98 Å². The van der Waals surface area contributed by atoms with Crippen molar-refractivity contribution in [2.45, 2.75) is 26.3 Å². The fraction of sp³-hybridized carbons (Fsp3) is 0.455. The predicted octanol–water partition coefficient (Wildman–Crippen LogP) is 1.19. The molecule has 0 aliphatic rings. The zero-order valence-electron chi connectivity index (χ0n) is 9.64. The second-order valence-corrected chi connectivity index (χ2v) is 4.07. The van der Waals surface area contributed by atoms with E-state index in [-0.39, 0.29) is 6.04 Å². The van der Waals surface area contributed by atoms with Crippen LogP contribution in [-0.2, 0) is 0 Å². The molecule has 0 saturated carbocycles. The maximum atomic E-state index is 5.67. The van der Waals surface area contributed by atoms with E-state index in [2.05, 4.69) is 15.4 Å². The van der Waals surface area contributed by atoms with Crippen molar-refractivity contribution < 1.29 is 0 Å². The second-order valence-electron chi connectivity index (χ2n) is 4.07. The van der Waals surface area contributed by atoms with Crippen molar-refractivity contribution in [3.05, 3.63) is 23.9 Å². The van der Waals surface area contributed by atoms with Crippen molar-refractivity contribution in [1.82, 2.24) is 14.6 Å². The number of hydrogen-bond acceptors (Lipinski definition) is 4. The second kappa shape index (κ2) is 4.49. The summed E-state index contributed by atoms with van der Waals surface area (Å²) >= 11 is 0. The van der Waals surface area contributed by atoms with Crippen molar-refractivity contribution in [2.24, 2.45) is 5.73 Å². The van der Waals surface area contributed by atoms with Gasteiger partial charge in [-0.3, -0.25) is 0 Å². The summed E-state index contributed by atoms with van der Waals surface area (Å²) in [7, 11) is 0. The number of aryl methyl sites for hydroxylation is 1. The normalized spacial score (nSPS) is 12.9. The Morgan fingerprint density at radius 2 is 2.31 bits per heavy atom. The molecule has 0 aliphatic carbocycles. The molecule has 16 heavy (non-hydrogen) atoms. The Balaban J connectivity index is 2.11. The van der Waals surface area contributed by atoms with E-state index in [0.717, 1.165) is 24.3 Å². The minimum Gasteiger partial charge on any atom is -0.353 e. The van der Waals surface area contributed by atoms with Crippen molar-refractivity contribution >= 4 is 11.6 Å². The molecule has 0 spiro atoms. The molecule has 5 nitrogen and oxygen atoms in total. The lowest BCUT2D eigenvalue weighted by atomic mass is 10.2. The largest absolute Gasteiger partial charge is 0.353 e. The van der Waals surface area contributed by atoms with Crippen LogP contribution >= 0.6 is 0 Å². The van der Waals surface area contributed by atoms with E-state index < -0.39 is 0 Å². The Labute approximate surface area is 94.7 Å². The molecule has 1 atom stereocenters. The zero-order chi connectivity index (χ0) is 11.5. The summed E-state index contributed by atoms with van der Waals surface area (Å²) in [6.45, 7) is 4.80. The third-order valence-corrected chi connectivity index (χ3v) is 2.43. The summed E-state index contributed by atoms with van der Waals surface area (Å²) in [4.78, 5) is 4.37. The van der Waals surface area contributed by atoms with Crippen molar-refractivity contribution in [1.29, 1.82) is 0 Å². The van der Waals surface area contributed by atoms with Gasteiger partial charge in [0.15, 0.2) is 5.65 Å². The van der Waals surface area contributed by atoms with Crippen LogP contribution < -0.4 is 11.1 Å². The van der Waals surface area contributed by atoms with Gasteiger partial charge < -0.3 is 11.1 Å². The highest BCUT2D eigenvalue weighted by molar-refractivity contribution is 5.44. The molecule has 0 aliphatic heterocycles. The van der Waals surface area contributed by atoms with Crippen molar-refractivity contribution in [2.75, 3.05) is 11.9 Å². The zero-order valence-corrected chi connectivity index (χ0v) is 9.64. The van der Waals surface area contributed by atoms with Gasteiger partial charge in [-0.15, -0.1) is 5.10 Å². The first-order valence-electron chi connectivity index (χ1n) is 5.48. The fourth-order valence-corrected chi connectivity index (χ4v) is 1.52. The molecule has 2 aromatic rings. The monoisotopic (exact) mass is 219 g/mol. The number of nitrogens with zero attached hydrogens (tertiary/aromatic N) is 3. The number of rotatable bonds is 4. The predicted molar refractivity (Wildman–Crippen MR) is 64.5 cm³/mol. The highest BCUT2D eigenvalue weighted by Crippen LogP contribution is 2.07. The van der Waals surface area contributed by atoms with E-state index in [9.17, 15) is 0 Å². The maximum Gasteiger partial charge on any atom is 0.243 e. The number of fused-ring (bicyclic) bond motifs is 1. The van der Waals surface area contributed by atoms with Crippen LogP contribution in [0, 0.1) is 6.92 Å². The minimum absolute atomic E-state index is 0.200. The molecule has 1 unspecified atom stereocenters. The van der Waals surface area contributed by atoms with Gasteiger partial charge in [-0.25, -0.2) is 4.52 Å².